The topological polar surface area (TPSA) is 129 Å². The molecule has 9 heteroatoms. The van der Waals surface area contributed by atoms with Crippen LogP contribution in [0.4, 0.5) is 16.2 Å². The van der Waals surface area contributed by atoms with E-state index in [-0.39, 0.29) is 11.9 Å². The summed E-state index contributed by atoms with van der Waals surface area (Å²) >= 11 is 0. The minimum absolute atomic E-state index is 0.116. The number of benzene rings is 2. The zero-order valence-electron chi connectivity index (χ0n) is 17.9. The highest BCUT2D eigenvalue weighted by molar-refractivity contribution is 6.04. The second kappa shape index (κ2) is 10.1. The molecule has 0 unspecified atom stereocenters. The van der Waals surface area contributed by atoms with Gasteiger partial charge in [-0.15, -0.1) is 0 Å². The first-order valence-corrected chi connectivity index (χ1v) is 10.1. The van der Waals surface area contributed by atoms with Crippen LogP contribution in [-0.2, 0) is 6.54 Å². The first kappa shape index (κ1) is 22.3. The SMILES string of the molecule is Cc1ccc(NC(=O)c2ccc(CN3CCN(C)CC3)cc2)cc1N=C(N)NC(N)=O. The number of carbonyl (C=O) groups is 2. The van der Waals surface area contributed by atoms with Crippen molar-refractivity contribution in [2.24, 2.45) is 16.5 Å². The molecule has 3 rings (SSSR count). The van der Waals surface area contributed by atoms with Crippen molar-refractivity contribution in [2.45, 2.75) is 13.5 Å². The van der Waals surface area contributed by atoms with Gasteiger partial charge in [0.25, 0.3) is 5.91 Å². The van der Waals surface area contributed by atoms with Crippen LogP contribution < -0.4 is 22.1 Å². The van der Waals surface area contributed by atoms with Gasteiger partial charge in [-0.1, -0.05) is 18.2 Å². The van der Waals surface area contributed by atoms with Gasteiger partial charge in [-0.2, -0.15) is 0 Å². The number of carbonyl (C=O) groups excluding carboxylic acids is 2. The van der Waals surface area contributed by atoms with Crippen LogP contribution in [0.3, 0.4) is 0 Å². The lowest BCUT2D eigenvalue weighted by atomic mass is 10.1. The molecule has 0 bridgehead atoms. The van der Waals surface area contributed by atoms with Crippen LogP contribution in [0.1, 0.15) is 21.5 Å². The summed E-state index contributed by atoms with van der Waals surface area (Å²) in [5, 5.41) is 5.08. The molecule has 6 N–H and O–H groups in total. The van der Waals surface area contributed by atoms with Crippen molar-refractivity contribution in [2.75, 3.05) is 38.5 Å². The van der Waals surface area contributed by atoms with E-state index in [0.717, 1.165) is 38.3 Å². The number of hydrogen-bond acceptors (Lipinski definition) is 5. The predicted octanol–water partition coefficient (Wildman–Crippen LogP) is 1.61. The highest BCUT2D eigenvalue weighted by Gasteiger charge is 2.14. The van der Waals surface area contributed by atoms with Crippen molar-refractivity contribution in [3.05, 3.63) is 59.2 Å². The number of amides is 3. The van der Waals surface area contributed by atoms with Gasteiger partial charge in [0.2, 0.25) is 5.96 Å². The molecule has 1 saturated heterocycles. The number of nitrogens with two attached hydrogens (primary N) is 2. The van der Waals surface area contributed by atoms with E-state index in [1.807, 2.05) is 37.3 Å². The molecule has 1 fully saturated rings. The van der Waals surface area contributed by atoms with Crippen molar-refractivity contribution >= 4 is 29.3 Å². The van der Waals surface area contributed by atoms with Crippen LogP contribution in [0.2, 0.25) is 0 Å². The standard InChI is InChI=1S/C22H29N7O2/c1-15-3-8-18(13-19(15)26-21(23)27-22(24)31)25-20(30)17-6-4-16(5-7-17)14-29-11-9-28(2)10-12-29/h3-8,13H,9-12,14H2,1-2H3,(H,25,30)(H5,23,24,26,27,31). The first-order valence-electron chi connectivity index (χ1n) is 10.1. The lowest BCUT2D eigenvalue weighted by Crippen LogP contribution is -2.43. The largest absolute Gasteiger partial charge is 0.369 e. The molecule has 1 heterocycles. The number of likely N-dealkylation sites (N-methyl/N-ethyl adjacent to an activating group) is 1. The smallest absolute Gasteiger partial charge is 0.318 e. The summed E-state index contributed by atoms with van der Waals surface area (Å²) in [6, 6.07) is 12.1. The molecule has 1 aliphatic rings. The maximum absolute atomic E-state index is 12.7. The molecular weight excluding hydrogens is 394 g/mol. The Hall–Kier alpha value is -3.43. The third-order valence-electron chi connectivity index (χ3n) is 5.18. The van der Waals surface area contributed by atoms with Crippen molar-refractivity contribution in [3.8, 4) is 0 Å². The van der Waals surface area contributed by atoms with E-state index in [1.165, 1.54) is 5.56 Å². The van der Waals surface area contributed by atoms with Gasteiger partial charge in [-0.05, 0) is 49.4 Å². The van der Waals surface area contributed by atoms with E-state index in [1.54, 1.807) is 12.1 Å². The van der Waals surface area contributed by atoms with Crippen LogP contribution in [0.15, 0.2) is 47.5 Å². The zero-order chi connectivity index (χ0) is 22.4. The summed E-state index contributed by atoms with van der Waals surface area (Å²) in [6.07, 6.45) is 0. The number of aryl methyl sites for hydroxylation is 1. The van der Waals surface area contributed by atoms with E-state index < -0.39 is 6.03 Å². The fraction of sp³-hybridized carbons (Fsp3) is 0.318. The van der Waals surface area contributed by atoms with Gasteiger partial charge >= 0.3 is 6.03 Å². The molecule has 3 amide bonds. The highest BCUT2D eigenvalue weighted by atomic mass is 16.2. The minimum Gasteiger partial charge on any atom is -0.369 e. The van der Waals surface area contributed by atoms with Crippen LogP contribution in [0, 0.1) is 6.92 Å². The highest BCUT2D eigenvalue weighted by Crippen LogP contribution is 2.23. The van der Waals surface area contributed by atoms with Gasteiger partial charge in [0, 0.05) is 44.0 Å². The quantitative estimate of drug-likeness (QED) is 0.429. The van der Waals surface area contributed by atoms with Crippen LogP contribution in [-0.4, -0.2) is 60.9 Å². The molecule has 2 aromatic rings. The fourth-order valence-corrected chi connectivity index (χ4v) is 3.32. The van der Waals surface area contributed by atoms with Crippen molar-refractivity contribution in [1.82, 2.24) is 15.1 Å². The number of nitrogens with one attached hydrogen (secondary N) is 2. The third kappa shape index (κ3) is 6.53. The Morgan fingerprint density at radius 1 is 1.03 bits per heavy atom. The second-order valence-corrected chi connectivity index (χ2v) is 7.72. The van der Waals surface area contributed by atoms with E-state index in [4.69, 9.17) is 11.5 Å². The van der Waals surface area contributed by atoms with Gasteiger partial charge in [0.1, 0.15) is 0 Å². The summed E-state index contributed by atoms with van der Waals surface area (Å²) in [5.74, 6) is -0.330. The zero-order valence-corrected chi connectivity index (χ0v) is 17.9. The number of nitrogens with zero attached hydrogens (tertiary/aromatic N) is 3. The molecule has 0 saturated carbocycles. The van der Waals surface area contributed by atoms with Gasteiger partial charge in [0.05, 0.1) is 5.69 Å². The fourth-order valence-electron chi connectivity index (χ4n) is 3.32. The van der Waals surface area contributed by atoms with E-state index in [0.29, 0.717) is 16.9 Å². The normalized spacial score (nSPS) is 15.5. The van der Waals surface area contributed by atoms with Gasteiger partial charge < -0.3 is 21.7 Å². The Kier molecular flexibility index (Phi) is 7.22. The Balaban J connectivity index is 1.63. The first-order chi connectivity index (χ1) is 14.8. The minimum atomic E-state index is -0.792. The lowest BCUT2D eigenvalue weighted by Gasteiger charge is -2.32. The molecule has 0 aliphatic carbocycles. The van der Waals surface area contributed by atoms with Crippen LogP contribution in [0.5, 0.6) is 0 Å². The summed E-state index contributed by atoms with van der Waals surface area (Å²) < 4.78 is 0. The number of primary amides is 1. The summed E-state index contributed by atoms with van der Waals surface area (Å²) in [4.78, 5) is 32.4. The Morgan fingerprint density at radius 3 is 2.35 bits per heavy atom. The summed E-state index contributed by atoms with van der Waals surface area (Å²) in [6.45, 7) is 6.99. The van der Waals surface area contributed by atoms with E-state index in [9.17, 15) is 9.59 Å². The van der Waals surface area contributed by atoms with Crippen molar-refractivity contribution < 1.29 is 9.59 Å². The number of anilines is 1. The average Bonchev–Trinajstić information content (AvgIpc) is 2.72. The molecule has 9 nitrogen and oxygen atoms in total. The van der Waals surface area contributed by atoms with E-state index in [2.05, 4.69) is 32.5 Å². The third-order valence-corrected chi connectivity index (χ3v) is 5.18. The molecule has 164 valence electrons. The Bertz CT molecular complexity index is 964. The predicted molar refractivity (Wildman–Crippen MR) is 122 cm³/mol. The maximum atomic E-state index is 12.7. The van der Waals surface area contributed by atoms with E-state index >= 15 is 0 Å². The molecule has 0 atom stereocenters. The molecule has 2 aromatic carbocycles. The molecule has 0 aromatic heterocycles. The maximum Gasteiger partial charge on any atom is 0.318 e. The molecule has 0 spiro atoms. The molecule has 0 radical (unpaired) electrons. The second-order valence-electron chi connectivity index (χ2n) is 7.72. The summed E-state index contributed by atoms with van der Waals surface area (Å²) in [7, 11) is 2.14. The number of urea groups is 1. The summed E-state index contributed by atoms with van der Waals surface area (Å²) in [5.41, 5.74) is 14.4. The molecule has 31 heavy (non-hydrogen) atoms. The monoisotopic (exact) mass is 423 g/mol. The van der Waals surface area contributed by atoms with Gasteiger partial charge in [-0.25, -0.2) is 9.79 Å². The van der Waals surface area contributed by atoms with Gasteiger partial charge in [0.15, 0.2) is 0 Å². The number of piperazine rings is 1. The number of guanidine groups is 1. The molecule has 1 aliphatic heterocycles. The van der Waals surface area contributed by atoms with Crippen molar-refractivity contribution in [3.63, 3.8) is 0 Å². The number of rotatable bonds is 5. The van der Waals surface area contributed by atoms with Crippen molar-refractivity contribution in [1.29, 1.82) is 0 Å². The van der Waals surface area contributed by atoms with Crippen LogP contribution in [0.25, 0.3) is 0 Å². The lowest BCUT2D eigenvalue weighted by molar-refractivity contribution is 0.102. The number of hydrogen-bond donors (Lipinski definition) is 4. The Morgan fingerprint density at radius 2 is 1.71 bits per heavy atom. The average molecular weight is 424 g/mol. The Labute approximate surface area is 182 Å². The molecular formula is C22H29N7O2. The van der Waals surface area contributed by atoms with Gasteiger partial charge in [-0.3, -0.25) is 15.0 Å². The van der Waals surface area contributed by atoms with Crippen LogP contribution >= 0.6 is 0 Å². The number of aliphatic imine (C=N–C) groups is 1.